The van der Waals surface area contributed by atoms with Gasteiger partial charge in [-0.05, 0) is 66.2 Å². The number of sulfonamides is 1. The molecule has 5 rings (SSSR count). The number of carbonyl (C=O) groups is 1. The Morgan fingerprint density at radius 3 is 2.24 bits per heavy atom. The van der Waals surface area contributed by atoms with E-state index in [9.17, 15) is 13.2 Å². The van der Waals surface area contributed by atoms with Gasteiger partial charge in [0.2, 0.25) is 0 Å². The number of carbonyl (C=O) groups excluding carboxylic acids is 1. The van der Waals surface area contributed by atoms with Crippen molar-refractivity contribution in [2.45, 2.75) is 11.4 Å². The number of rotatable bonds is 9. The number of nitrogens with one attached hydrogen (secondary N) is 2. The third-order valence-corrected chi connectivity index (χ3v) is 9.24. The molecule has 4 aromatic rings. The van der Waals surface area contributed by atoms with Crippen LogP contribution in [0.3, 0.4) is 0 Å². The van der Waals surface area contributed by atoms with Crippen LogP contribution in [0.25, 0.3) is 0 Å². The van der Waals surface area contributed by atoms with Crippen molar-refractivity contribution in [3.05, 3.63) is 112 Å². The summed E-state index contributed by atoms with van der Waals surface area (Å²) in [6, 6.07) is 26.2. The Morgan fingerprint density at radius 2 is 1.55 bits per heavy atom. The lowest BCUT2D eigenvalue weighted by Crippen LogP contribution is -2.46. The topological polar surface area (TPSA) is 91.0 Å². The standard InChI is InChI=1S/C31H30Cl2N4O4S/c1-41-29-8-3-2-7-28(29)37-19-17-36(18-20-37)21-22-9-11-23(12-10-22)31(38)34-24-13-15-25(16-14-24)42(39,40)35-27-6-4-5-26(32)30(27)33/h2-16,35H,17-21H2,1H3,(H,34,38). The molecule has 1 amide bonds. The number of benzene rings is 4. The van der Waals surface area contributed by atoms with Crippen molar-refractivity contribution in [2.24, 2.45) is 0 Å². The van der Waals surface area contributed by atoms with Gasteiger partial charge in [-0.1, -0.05) is 53.5 Å². The van der Waals surface area contributed by atoms with Crippen molar-refractivity contribution in [1.29, 1.82) is 0 Å². The van der Waals surface area contributed by atoms with E-state index in [1.165, 1.54) is 30.3 Å². The second kappa shape index (κ2) is 13.0. The van der Waals surface area contributed by atoms with E-state index in [-0.39, 0.29) is 26.5 Å². The number of para-hydroxylation sites is 2. The van der Waals surface area contributed by atoms with Gasteiger partial charge in [0, 0.05) is 44.0 Å². The first kappa shape index (κ1) is 29.7. The van der Waals surface area contributed by atoms with Crippen LogP contribution in [-0.2, 0) is 16.6 Å². The molecule has 0 aromatic heterocycles. The molecule has 0 bridgehead atoms. The second-order valence-electron chi connectivity index (χ2n) is 9.82. The summed E-state index contributed by atoms with van der Waals surface area (Å²) in [4.78, 5) is 17.6. The zero-order valence-corrected chi connectivity index (χ0v) is 25.2. The van der Waals surface area contributed by atoms with Gasteiger partial charge in [-0.25, -0.2) is 8.42 Å². The van der Waals surface area contributed by atoms with Crippen LogP contribution in [0.15, 0.2) is 95.9 Å². The first-order chi connectivity index (χ1) is 20.2. The quantitative estimate of drug-likeness (QED) is 0.225. The van der Waals surface area contributed by atoms with Crippen LogP contribution in [0.5, 0.6) is 5.75 Å². The van der Waals surface area contributed by atoms with Gasteiger partial charge in [-0.2, -0.15) is 0 Å². The highest BCUT2D eigenvalue weighted by molar-refractivity contribution is 7.92. The zero-order chi connectivity index (χ0) is 29.7. The van der Waals surface area contributed by atoms with Gasteiger partial charge in [0.05, 0.1) is 33.4 Å². The van der Waals surface area contributed by atoms with Gasteiger partial charge in [-0.3, -0.25) is 14.4 Å². The van der Waals surface area contributed by atoms with Crippen LogP contribution >= 0.6 is 23.2 Å². The minimum atomic E-state index is -3.91. The van der Waals surface area contributed by atoms with Crippen LogP contribution in [0.1, 0.15) is 15.9 Å². The minimum absolute atomic E-state index is 0.0182. The van der Waals surface area contributed by atoms with Gasteiger partial charge in [0.15, 0.2) is 0 Å². The Bertz CT molecular complexity index is 1660. The molecular weight excluding hydrogens is 595 g/mol. The fourth-order valence-electron chi connectivity index (χ4n) is 4.76. The number of anilines is 3. The summed E-state index contributed by atoms with van der Waals surface area (Å²) in [5.41, 5.74) is 3.40. The number of methoxy groups -OCH3 is 1. The summed E-state index contributed by atoms with van der Waals surface area (Å²) in [5.74, 6) is 0.600. The Kier molecular flexibility index (Phi) is 9.23. The SMILES string of the molecule is COc1ccccc1N1CCN(Cc2ccc(C(=O)Nc3ccc(S(=O)(=O)Nc4cccc(Cl)c4Cl)cc3)cc2)CC1. The van der Waals surface area contributed by atoms with Gasteiger partial charge < -0.3 is 15.0 Å². The van der Waals surface area contributed by atoms with Crippen molar-refractivity contribution < 1.29 is 17.9 Å². The maximum atomic E-state index is 12.8. The predicted octanol–water partition coefficient (Wildman–Crippen LogP) is 6.38. The van der Waals surface area contributed by atoms with E-state index in [1.54, 1.807) is 31.4 Å². The number of hydrogen-bond acceptors (Lipinski definition) is 6. The predicted molar refractivity (Wildman–Crippen MR) is 169 cm³/mol. The Hall–Kier alpha value is -3.76. The molecular formula is C31H30Cl2N4O4S. The average molecular weight is 626 g/mol. The van der Waals surface area contributed by atoms with Crippen molar-refractivity contribution in [1.82, 2.24) is 4.90 Å². The van der Waals surface area contributed by atoms with Gasteiger partial charge in [0.1, 0.15) is 5.75 Å². The molecule has 0 saturated carbocycles. The lowest BCUT2D eigenvalue weighted by Gasteiger charge is -2.36. The number of ether oxygens (including phenoxy) is 1. The molecule has 0 atom stereocenters. The minimum Gasteiger partial charge on any atom is -0.495 e. The second-order valence-corrected chi connectivity index (χ2v) is 12.3. The molecule has 0 aliphatic carbocycles. The fourth-order valence-corrected chi connectivity index (χ4v) is 6.24. The average Bonchev–Trinajstić information content (AvgIpc) is 3.00. The lowest BCUT2D eigenvalue weighted by atomic mass is 10.1. The van der Waals surface area contributed by atoms with Crippen LogP contribution in [-0.4, -0.2) is 52.5 Å². The Morgan fingerprint density at radius 1 is 0.857 bits per heavy atom. The Balaban J connectivity index is 1.14. The van der Waals surface area contributed by atoms with E-state index in [1.807, 2.05) is 30.3 Å². The summed E-state index contributed by atoms with van der Waals surface area (Å²) in [7, 11) is -2.21. The maximum Gasteiger partial charge on any atom is 0.261 e. The monoisotopic (exact) mass is 624 g/mol. The highest BCUT2D eigenvalue weighted by atomic mass is 35.5. The van der Waals surface area contributed by atoms with E-state index in [2.05, 4.69) is 25.9 Å². The van der Waals surface area contributed by atoms with E-state index >= 15 is 0 Å². The molecule has 1 fully saturated rings. The Labute approximate surface area is 255 Å². The number of halogens is 2. The van der Waals surface area contributed by atoms with Crippen molar-refractivity contribution in [3.8, 4) is 5.75 Å². The number of piperazine rings is 1. The first-order valence-electron chi connectivity index (χ1n) is 13.3. The molecule has 4 aromatic carbocycles. The largest absolute Gasteiger partial charge is 0.495 e. The van der Waals surface area contributed by atoms with Crippen molar-refractivity contribution in [3.63, 3.8) is 0 Å². The summed E-state index contributed by atoms with van der Waals surface area (Å²) in [5, 5.41) is 3.17. The zero-order valence-electron chi connectivity index (χ0n) is 22.9. The maximum absolute atomic E-state index is 12.8. The molecule has 0 unspecified atom stereocenters. The lowest BCUT2D eigenvalue weighted by molar-refractivity contribution is 0.102. The van der Waals surface area contributed by atoms with Crippen LogP contribution in [0.4, 0.5) is 17.1 Å². The van der Waals surface area contributed by atoms with Gasteiger partial charge in [-0.15, -0.1) is 0 Å². The third kappa shape index (κ3) is 6.99. The van der Waals surface area contributed by atoms with Crippen LogP contribution < -0.4 is 19.7 Å². The molecule has 1 saturated heterocycles. The van der Waals surface area contributed by atoms with Crippen molar-refractivity contribution >= 4 is 56.2 Å². The van der Waals surface area contributed by atoms with E-state index < -0.39 is 10.0 Å². The number of amides is 1. The molecule has 8 nitrogen and oxygen atoms in total. The molecule has 1 aliphatic rings. The van der Waals surface area contributed by atoms with Crippen molar-refractivity contribution in [2.75, 3.05) is 48.2 Å². The highest BCUT2D eigenvalue weighted by Gasteiger charge is 2.20. The molecule has 2 N–H and O–H groups in total. The van der Waals surface area contributed by atoms with Gasteiger partial charge >= 0.3 is 0 Å². The molecule has 1 heterocycles. The van der Waals surface area contributed by atoms with E-state index in [0.717, 1.165) is 49.7 Å². The fraction of sp³-hybridized carbons (Fsp3) is 0.194. The first-order valence-corrected chi connectivity index (χ1v) is 15.5. The van der Waals surface area contributed by atoms with E-state index in [0.29, 0.717) is 11.3 Å². The van der Waals surface area contributed by atoms with Gasteiger partial charge in [0.25, 0.3) is 15.9 Å². The molecule has 0 radical (unpaired) electrons. The van der Waals surface area contributed by atoms with Crippen LogP contribution in [0.2, 0.25) is 10.0 Å². The summed E-state index contributed by atoms with van der Waals surface area (Å²) >= 11 is 12.1. The number of nitrogens with zero attached hydrogens (tertiary/aromatic N) is 2. The normalized spacial score (nSPS) is 13.9. The highest BCUT2D eigenvalue weighted by Crippen LogP contribution is 2.31. The third-order valence-electron chi connectivity index (χ3n) is 7.04. The van der Waals surface area contributed by atoms with Crippen LogP contribution in [0, 0.1) is 0 Å². The molecule has 42 heavy (non-hydrogen) atoms. The summed E-state index contributed by atoms with van der Waals surface area (Å²) in [6.45, 7) is 4.46. The molecule has 1 aliphatic heterocycles. The molecule has 11 heteroatoms. The molecule has 218 valence electrons. The molecule has 0 spiro atoms. The summed E-state index contributed by atoms with van der Waals surface area (Å²) < 4.78 is 33.5. The number of hydrogen-bond donors (Lipinski definition) is 2. The van der Waals surface area contributed by atoms with E-state index in [4.69, 9.17) is 27.9 Å². The smallest absolute Gasteiger partial charge is 0.261 e. The summed E-state index contributed by atoms with van der Waals surface area (Å²) in [6.07, 6.45) is 0.